The van der Waals surface area contributed by atoms with Crippen molar-refractivity contribution in [1.82, 2.24) is 15.5 Å². The molecule has 1 aliphatic heterocycles. The van der Waals surface area contributed by atoms with Gasteiger partial charge in [-0.1, -0.05) is 13.8 Å². The minimum Gasteiger partial charge on any atom is -0.480 e. The van der Waals surface area contributed by atoms with Crippen molar-refractivity contribution in [2.75, 3.05) is 13.1 Å². The van der Waals surface area contributed by atoms with Crippen LogP contribution in [0.25, 0.3) is 0 Å². The van der Waals surface area contributed by atoms with E-state index in [1.165, 1.54) is 4.90 Å². The number of nitrogens with zero attached hydrogens (tertiary/aromatic N) is 1. The average molecular weight is 485 g/mol. The van der Waals surface area contributed by atoms with Crippen LogP contribution in [0.2, 0.25) is 0 Å². The number of carboxylic acids is 1. The highest BCUT2D eigenvalue weighted by Gasteiger charge is 2.37. The number of amides is 4. The van der Waals surface area contributed by atoms with Crippen molar-refractivity contribution < 1.29 is 29.1 Å². The summed E-state index contributed by atoms with van der Waals surface area (Å²) < 4.78 is 0. The van der Waals surface area contributed by atoms with Gasteiger partial charge in [-0.2, -0.15) is 0 Å². The number of unbranched alkanes of at least 4 members (excludes halogenated alkanes) is 1. The quantitative estimate of drug-likeness (QED) is 0.155. The van der Waals surface area contributed by atoms with Crippen molar-refractivity contribution in [3.8, 4) is 0 Å². The number of aliphatic carboxylic acids is 1. The lowest BCUT2D eigenvalue weighted by atomic mass is 10.0. The Kier molecular flexibility index (Phi) is 12.5. The molecule has 1 aliphatic rings. The Labute approximate surface area is 200 Å². The van der Waals surface area contributed by atoms with Crippen LogP contribution in [0.1, 0.15) is 65.2 Å². The third-order valence-electron chi connectivity index (χ3n) is 5.76. The zero-order chi connectivity index (χ0) is 25.8. The maximum atomic E-state index is 13.1. The van der Waals surface area contributed by atoms with E-state index < -0.39 is 53.8 Å². The summed E-state index contributed by atoms with van der Waals surface area (Å²) in [6.45, 7) is 4.45. The van der Waals surface area contributed by atoms with Gasteiger partial charge in [0.05, 0.1) is 6.04 Å². The zero-order valence-corrected chi connectivity index (χ0v) is 20.1. The molecule has 1 rings (SSSR count). The first kappa shape index (κ1) is 29.3. The number of nitrogens with two attached hydrogens (primary N) is 3. The summed E-state index contributed by atoms with van der Waals surface area (Å²) in [4.78, 5) is 62.6. The van der Waals surface area contributed by atoms with Crippen molar-refractivity contribution in [2.45, 2.75) is 89.4 Å². The molecule has 4 unspecified atom stereocenters. The van der Waals surface area contributed by atoms with Crippen molar-refractivity contribution in [1.29, 1.82) is 0 Å². The number of hydrogen-bond donors (Lipinski definition) is 6. The highest BCUT2D eigenvalue weighted by Crippen LogP contribution is 2.20. The topological polar surface area (TPSA) is 211 Å². The number of carboxylic acid groups (broad SMARTS) is 1. The van der Waals surface area contributed by atoms with Gasteiger partial charge >= 0.3 is 5.97 Å². The minimum absolute atomic E-state index is 0.0396. The summed E-state index contributed by atoms with van der Waals surface area (Å²) in [7, 11) is 0. The van der Waals surface area contributed by atoms with E-state index in [0.29, 0.717) is 38.8 Å². The normalized spacial score (nSPS) is 18.3. The molecule has 34 heavy (non-hydrogen) atoms. The van der Waals surface area contributed by atoms with E-state index in [2.05, 4.69) is 10.6 Å². The summed E-state index contributed by atoms with van der Waals surface area (Å²) in [5.41, 5.74) is 16.6. The molecule has 1 saturated heterocycles. The van der Waals surface area contributed by atoms with E-state index in [0.717, 1.165) is 0 Å². The number of nitrogens with one attached hydrogen (secondary N) is 2. The second-order valence-corrected chi connectivity index (χ2v) is 9.18. The number of hydrogen-bond acceptors (Lipinski definition) is 7. The van der Waals surface area contributed by atoms with Crippen LogP contribution in [0.4, 0.5) is 0 Å². The van der Waals surface area contributed by atoms with E-state index in [-0.39, 0.29) is 31.6 Å². The van der Waals surface area contributed by atoms with Gasteiger partial charge in [0.1, 0.15) is 18.1 Å². The summed E-state index contributed by atoms with van der Waals surface area (Å²) >= 11 is 0. The van der Waals surface area contributed by atoms with Gasteiger partial charge in [0.15, 0.2) is 0 Å². The standard InChI is InChI=1S/C22H40N6O6/c1-13(2)12-16(22(33)34)27-19(30)15(6-3-4-10-23)26-20(31)17-7-5-11-28(17)21(32)14(24)8-9-18(25)29/h13-17H,3-12,23-24H2,1-2H3,(H2,25,29)(H,26,31)(H,27,30)(H,33,34). The van der Waals surface area contributed by atoms with E-state index in [1.54, 1.807) is 0 Å². The molecule has 0 bridgehead atoms. The lowest BCUT2D eigenvalue weighted by Crippen LogP contribution is -2.56. The summed E-state index contributed by atoms with van der Waals surface area (Å²) in [5.74, 6) is -3.22. The minimum atomic E-state index is -1.15. The number of primary amides is 1. The fourth-order valence-corrected chi connectivity index (χ4v) is 3.93. The van der Waals surface area contributed by atoms with E-state index in [4.69, 9.17) is 17.2 Å². The van der Waals surface area contributed by atoms with E-state index in [9.17, 15) is 29.1 Å². The van der Waals surface area contributed by atoms with Crippen LogP contribution in [0.3, 0.4) is 0 Å². The van der Waals surface area contributed by atoms with Gasteiger partial charge in [-0.05, 0) is 57.4 Å². The maximum Gasteiger partial charge on any atom is 0.326 e. The number of rotatable bonds is 15. The molecule has 0 aromatic rings. The van der Waals surface area contributed by atoms with Gasteiger partial charge in [0.25, 0.3) is 0 Å². The van der Waals surface area contributed by atoms with Crippen LogP contribution < -0.4 is 27.8 Å². The highest BCUT2D eigenvalue weighted by atomic mass is 16.4. The Balaban J connectivity index is 2.89. The van der Waals surface area contributed by atoms with E-state index >= 15 is 0 Å². The largest absolute Gasteiger partial charge is 0.480 e. The molecule has 4 atom stereocenters. The fraction of sp³-hybridized carbons (Fsp3) is 0.773. The van der Waals surface area contributed by atoms with Gasteiger partial charge < -0.3 is 37.8 Å². The molecule has 194 valence electrons. The number of carbonyl (C=O) groups is 5. The SMILES string of the molecule is CC(C)CC(NC(=O)C(CCCCN)NC(=O)C1CCCN1C(=O)C(N)CCC(N)=O)C(=O)O. The first-order chi connectivity index (χ1) is 16.0. The Morgan fingerprint density at radius 1 is 1.06 bits per heavy atom. The number of likely N-dealkylation sites (tertiary alicyclic amines) is 1. The van der Waals surface area contributed by atoms with Crippen LogP contribution in [-0.2, 0) is 24.0 Å². The smallest absolute Gasteiger partial charge is 0.326 e. The van der Waals surface area contributed by atoms with Crippen LogP contribution in [-0.4, -0.2) is 76.9 Å². The van der Waals surface area contributed by atoms with Crippen molar-refractivity contribution in [3.63, 3.8) is 0 Å². The fourth-order valence-electron chi connectivity index (χ4n) is 3.93. The second-order valence-electron chi connectivity index (χ2n) is 9.18. The van der Waals surface area contributed by atoms with Crippen molar-refractivity contribution in [3.05, 3.63) is 0 Å². The molecule has 0 saturated carbocycles. The predicted molar refractivity (Wildman–Crippen MR) is 125 cm³/mol. The molecule has 4 amide bonds. The maximum absolute atomic E-state index is 13.1. The molecule has 0 aromatic carbocycles. The molecule has 0 spiro atoms. The summed E-state index contributed by atoms with van der Waals surface area (Å²) in [6, 6.07) is -3.80. The molecule has 0 aromatic heterocycles. The Hall–Kier alpha value is -2.73. The van der Waals surface area contributed by atoms with Crippen LogP contribution in [0.15, 0.2) is 0 Å². The molecular formula is C22H40N6O6. The van der Waals surface area contributed by atoms with Crippen LogP contribution >= 0.6 is 0 Å². The predicted octanol–water partition coefficient (Wildman–Crippen LogP) is -1.20. The Bertz CT molecular complexity index is 731. The Morgan fingerprint density at radius 3 is 2.29 bits per heavy atom. The van der Waals surface area contributed by atoms with Gasteiger partial charge in [-0.3, -0.25) is 19.2 Å². The summed E-state index contributed by atoms with van der Waals surface area (Å²) in [5, 5.41) is 14.7. The third kappa shape index (κ3) is 9.64. The lowest BCUT2D eigenvalue weighted by Gasteiger charge is -2.28. The molecular weight excluding hydrogens is 444 g/mol. The highest BCUT2D eigenvalue weighted by molar-refractivity contribution is 5.94. The van der Waals surface area contributed by atoms with Gasteiger partial charge in [-0.25, -0.2) is 4.79 Å². The molecule has 0 radical (unpaired) electrons. The van der Waals surface area contributed by atoms with Crippen molar-refractivity contribution in [2.24, 2.45) is 23.1 Å². The van der Waals surface area contributed by atoms with Gasteiger partial charge in [0.2, 0.25) is 23.6 Å². The van der Waals surface area contributed by atoms with E-state index in [1.807, 2.05) is 13.8 Å². The van der Waals surface area contributed by atoms with Crippen molar-refractivity contribution >= 4 is 29.6 Å². The first-order valence-electron chi connectivity index (χ1n) is 11.9. The molecule has 1 fully saturated rings. The van der Waals surface area contributed by atoms with Gasteiger partial charge in [-0.15, -0.1) is 0 Å². The average Bonchev–Trinajstić information content (AvgIpc) is 3.25. The Morgan fingerprint density at radius 2 is 1.74 bits per heavy atom. The molecule has 1 heterocycles. The number of carbonyl (C=O) groups excluding carboxylic acids is 4. The molecule has 12 nitrogen and oxygen atoms in total. The van der Waals surface area contributed by atoms with Crippen LogP contribution in [0, 0.1) is 5.92 Å². The molecule has 12 heteroatoms. The zero-order valence-electron chi connectivity index (χ0n) is 20.1. The summed E-state index contributed by atoms with van der Waals surface area (Å²) in [6.07, 6.45) is 2.75. The third-order valence-corrected chi connectivity index (χ3v) is 5.76. The monoisotopic (exact) mass is 484 g/mol. The molecule has 0 aliphatic carbocycles. The van der Waals surface area contributed by atoms with Crippen LogP contribution in [0.5, 0.6) is 0 Å². The van der Waals surface area contributed by atoms with Gasteiger partial charge in [0, 0.05) is 13.0 Å². The lowest BCUT2D eigenvalue weighted by molar-refractivity contribution is -0.143. The first-order valence-corrected chi connectivity index (χ1v) is 11.9. The molecule has 9 N–H and O–H groups in total. The second kappa shape index (κ2) is 14.5.